The summed E-state index contributed by atoms with van der Waals surface area (Å²) in [6, 6.07) is 9.62. The van der Waals surface area contributed by atoms with Crippen molar-refractivity contribution in [2.75, 3.05) is 18.5 Å². The molecule has 2 aromatic carbocycles. The van der Waals surface area contributed by atoms with Crippen molar-refractivity contribution < 1.29 is 23.4 Å². The molecule has 0 saturated heterocycles. The van der Waals surface area contributed by atoms with E-state index in [2.05, 4.69) is 5.32 Å². The SMILES string of the molecule is O=C(O)c1cccc(OCCNc2ccc(F)c(F)c2)c1. The van der Waals surface area contributed by atoms with Crippen molar-refractivity contribution in [1.29, 1.82) is 0 Å². The summed E-state index contributed by atoms with van der Waals surface area (Å²) in [5, 5.41) is 11.7. The van der Waals surface area contributed by atoms with E-state index in [1.54, 1.807) is 12.1 Å². The highest BCUT2D eigenvalue weighted by molar-refractivity contribution is 5.87. The molecule has 21 heavy (non-hydrogen) atoms. The topological polar surface area (TPSA) is 58.6 Å². The molecule has 110 valence electrons. The molecule has 0 spiro atoms. The molecule has 0 amide bonds. The van der Waals surface area contributed by atoms with Gasteiger partial charge in [-0.3, -0.25) is 0 Å². The fourth-order valence-electron chi connectivity index (χ4n) is 1.69. The van der Waals surface area contributed by atoms with Crippen molar-refractivity contribution in [3.63, 3.8) is 0 Å². The zero-order chi connectivity index (χ0) is 15.2. The number of hydrogen-bond acceptors (Lipinski definition) is 3. The molecule has 0 radical (unpaired) electrons. The van der Waals surface area contributed by atoms with Gasteiger partial charge in [0, 0.05) is 18.3 Å². The third-order valence-corrected chi connectivity index (χ3v) is 2.70. The summed E-state index contributed by atoms with van der Waals surface area (Å²) < 4.78 is 31.1. The van der Waals surface area contributed by atoms with Crippen LogP contribution in [-0.2, 0) is 0 Å². The number of carboxylic acid groups (broad SMARTS) is 1. The fraction of sp³-hybridized carbons (Fsp3) is 0.133. The minimum atomic E-state index is -1.03. The highest BCUT2D eigenvalue weighted by Gasteiger charge is 2.04. The van der Waals surface area contributed by atoms with E-state index in [0.717, 1.165) is 12.1 Å². The van der Waals surface area contributed by atoms with Crippen LogP contribution in [0.4, 0.5) is 14.5 Å². The van der Waals surface area contributed by atoms with E-state index >= 15 is 0 Å². The van der Waals surface area contributed by atoms with Crippen molar-refractivity contribution in [3.05, 3.63) is 59.7 Å². The Bertz CT molecular complexity index is 647. The molecule has 2 aromatic rings. The monoisotopic (exact) mass is 293 g/mol. The van der Waals surface area contributed by atoms with Gasteiger partial charge in [-0.05, 0) is 30.3 Å². The number of nitrogens with one attached hydrogen (secondary N) is 1. The second-order valence-corrected chi connectivity index (χ2v) is 4.24. The van der Waals surface area contributed by atoms with E-state index in [-0.39, 0.29) is 12.2 Å². The Morgan fingerprint density at radius 3 is 2.67 bits per heavy atom. The minimum Gasteiger partial charge on any atom is -0.492 e. The molecule has 0 unspecified atom stereocenters. The zero-order valence-corrected chi connectivity index (χ0v) is 11.0. The minimum absolute atomic E-state index is 0.140. The van der Waals surface area contributed by atoms with Gasteiger partial charge in [0.15, 0.2) is 11.6 Å². The van der Waals surface area contributed by atoms with E-state index in [1.807, 2.05) is 0 Å². The maximum Gasteiger partial charge on any atom is 0.335 e. The molecule has 0 saturated carbocycles. The Morgan fingerprint density at radius 1 is 1.14 bits per heavy atom. The second-order valence-electron chi connectivity index (χ2n) is 4.24. The predicted octanol–water partition coefficient (Wildman–Crippen LogP) is 3.15. The van der Waals surface area contributed by atoms with E-state index in [4.69, 9.17) is 9.84 Å². The van der Waals surface area contributed by atoms with E-state index in [9.17, 15) is 13.6 Å². The van der Waals surface area contributed by atoms with Crippen molar-refractivity contribution in [1.82, 2.24) is 0 Å². The third kappa shape index (κ3) is 4.17. The van der Waals surface area contributed by atoms with Gasteiger partial charge in [-0.2, -0.15) is 0 Å². The van der Waals surface area contributed by atoms with Crippen molar-refractivity contribution >= 4 is 11.7 Å². The van der Waals surface area contributed by atoms with E-state index in [0.29, 0.717) is 18.0 Å². The number of carboxylic acids is 1. The number of aromatic carboxylic acids is 1. The molecular formula is C15H13F2NO3. The van der Waals surface area contributed by atoms with Gasteiger partial charge in [0.1, 0.15) is 12.4 Å². The Labute approximate surface area is 120 Å². The average Bonchev–Trinajstić information content (AvgIpc) is 2.47. The number of benzene rings is 2. The lowest BCUT2D eigenvalue weighted by Crippen LogP contribution is -2.12. The first-order valence-corrected chi connectivity index (χ1v) is 6.21. The first kappa shape index (κ1) is 14.8. The van der Waals surface area contributed by atoms with Gasteiger partial charge >= 0.3 is 5.97 Å². The van der Waals surface area contributed by atoms with Crippen LogP contribution in [0.15, 0.2) is 42.5 Å². The Hall–Kier alpha value is -2.63. The number of rotatable bonds is 6. The quantitative estimate of drug-likeness (QED) is 0.803. The molecule has 0 aliphatic heterocycles. The lowest BCUT2D eigenvalue weighted by atomic mass is 10.2. The zero-order valence-electron chi connectivity index (χ0n) is 11.0. The van der Waals surface area contributed by atoms with E-state index < -0.39 is 17.6 Å². The van der Waals surface area contributed by atoms with Crippen LogP contribution >= 0.6 is 0 Å². The van der Waals surface area contributed by atoms with Gasteiger partial charge in [-0.25, -0.2) is 13.6 Å². The first-order chi connectivity index (χ1) is 10.1. The molecule has 2 N–H and O–H groups in total. The van der Waals surface area contributed by atoms with Crippen molar-refractivity contribution in [3.8, 4) is 5.75 Å². The molecule has 4 nitrogen and oxygen atoms in total. The maximum atomic E-state index is 13.0. The normalized spacial score (nSPS) is 10.2. The van der Waals surface area contributed by atoms with Crippen LogP contribution in [-0.4, -0.2) is 24.2 Å². The highest BCUT2D eigenvalue weighted by Crippen LogP contribution is 2.14. The standard InChI is InChI=1S/C15H13F2NO3/c16-13-5-4-11(9-14(13)17)18-6-7-21-12-3-1-2-10(8-12)15(19)20/h1-5,8-9,18H,6-7H2,(H,19,20). The molecule has 2 rings (SSSR count). The number of halogens is 2. The fourth-order valence-corrected chi connectivity index (χ4v) is 1.69. The van der Waals surface area contributed by atoms with Gasteiger partial charge in [0.2, 0.25) is 0 Å². The molecule has 0 bridgehead atoms. The van der Waals surface area contributed by atoms with Crippen LogP contribution < -0.4 is 10.1 Å². The summed E-state index contributed by atoms with van der Waals surface area (Å²) >= 11 is 0. The number of hydrogen-bond donors (Lipinski definition) is 2. The number of ether oxygens (including phenoxy) is 1. The van der Waals surface area contributed by atoms with Crippen molar-refractivity contribution in [2.24, 2.45) is 0 Å². The van der Waals surface area contributed by atoms with Gasteiger partial charge in [0.25, 0.3) is 0 Å². The van der Waals surface area contributed by atoms with Crippen LogP contribution in [0.25, 0.3) is 0 Å². The third-order valence-electron chi connectivity index (χ3n) is 2.70. The van der Waals surface area contributed by atoms with Gasteiger partial charge in [-0.1, -0.05) is 6.07 Å². The molecular weight excluding hydrogens is 280 g/mol. The van der Waals surface area contributed by atoms with Gasteiger partial charge < -0.3 is 15.2 Å². The van der Waals surface area contributed by atoms with Crippen LogP contribution in [0, 0.1) is 11.6 Å². The molecule has 0 aliphatic rings. The Kier molecular flexibility index (Phi) is 4.71. The predicted molar refractivity (Wildman–Crippen MR) is 73.7 cm³/mol. The second kappa shape index (κ2) is 6.69. The number of anilines is 1. The Balaban J connectivity index is 1.83. The lowest BCUT2D eigenvalue weighted by molar-refractivity contribution is 0.0696. The largest absolute Gasteiger partial charge is 0.492 e. The summed E-state index contributed by atoms with van der Waals surface area (Å²) in [6.45, 7) is 0.616. The summed E-state index contributed by atoms with van der Waals surface area (Å²) in [5.74, 6) is -2.42. The lowest BCUT2D eigenvalue weighted by Gasteiger charge is -2.09. The highest BCUT2D eigenvalue weighted by atomic mass is 19.2. The summed E-state index contributed by atoms with van der Waals surface area (Å²) in [4.78, 5) is 10.8. The molecule has 0 atom stereocenters. The molecule has 0 heterocycles. The summed E-state index contributed by atoms with van der Waals surface area (Å²) in [6.07, 6.45) is 0. The van der Waals surface area contributed by atoms with Crippen LogP contribution in [0.3, 0.4) is 0 Å². The van der Waals surface area contributed by atoms with Crippen molar-refractivity contribution in [2.45, 2.75) is 0 Å². The average molecular weight is 293 g/mol. The van der Waals surface area contributed by atoms with Gasteiger partial charge in [-0.15, -0.1) is 0 Å². The summed E-state index contributed by atoms with van der Waals surface area (Å²) in [5.41, 5.74) is 0.581. The molecule has 6 heteroatoms. The van der Waals surface area contributed by atoms with Crippen LogP contribution in [0.5, 0.6) is 5.75 Å². The van der Waals surface area contributed by atoms with E-state index in [1.165, 1.54) is 18.2 Å². The van der Waals surface area contributed by atoms with Crippen LogP contribution in [0.2, 0.25) is 0 Å². The maximum absolute atomic E-state index is 13.0. The van der Waals surface area contributed by atoms with Gasteiger partial charge in [0.05, 0.1) is 5.56 Å². The summed E-state index contributed by atoms with van der Waals surface area (Å²) in [7, 11) is 0. The molecule has 0 fully saturated rings. The first-order valence-electron chi connectivity index (χ1n) is 6.21. The Morgan fingerprint density at radius 2 is 1.95 bits per heavy atom. The number of carbonyl (C=O) groups is 1. The molecule has 0 aromatic heterocycles. The smallest absolute Gasteiger partial charge is 0.335 e. The van der Waals surface area contributed by atoms with Crippen LogP contribution in [0.1, 0.15) is 10.4 Å². The molecule has 0 aliphatic carbocycles.